The molecule has 4 aromatic carbocycles. The van der Waals surface area contributed by atoms with Crippen LogP contribution in [0, 0.1) is 0 Å². The summed E-state index contributed by atoms with van der Waals surface area (Å²) in [6.45, 7) is 0.685. The minimum Gasteiger partial charge on any atom is -0.493 e. The second kappa shape index (κ2) is 10.5. The number of nitrogens with zero attached hydrogens (tertiary/aromatic N) is 1. The smallest absolute Gasteiger partial charge is 0.151 e. The number of nitrogens with one attached hydrogen (secondary N) is 1. The normalized spacial score (nSPS) is 17.9. The largest absolute Gasteiger partial charge is 0.493 e. The SMILES string of the molecule is Clc1ccc2sc(SCCCc3cc4c(cc3OCCc3cccc5ccccc35)[C@H]3CC[C@@H]4N3)nc2c1. The minimum atomic E-state index is 0.493. The molecule has 5 aromatic rings. The average Bonchev–Trinajstić information content (AvgIpc) is 3.66. The lowest BCUT2D eigenvalue weighted by molar-refractivity contribution is 0.318. The summed E-state index contributed by atoms with van der Waals surface area (Å²) in [5.41, 5.74) is 6.63. The molecule has 1 saturated heterocycles. The van der Waals surface area contributed by atoms with Gasteiger partial charge >= 0.3 is 0 Å². The van der Waals surface area contributed by atoms with Gasteiger partial charge in [0.1, 0.15) is 5.75 Å². The minimum absolute atomic E-state index is 0.493. The number of halogens is 1. The molecule has 0 unspecified atom stereocenters. The van der Waals surface area contributed by atoms with Crippen LogP contribution in [0.4, 0.5) is 0 Å². The Bertz CT molecular complexity index is 1630. The zero-order valence-electron chi connectivity index (χ0n) is 21.1. The number of hydrogen-bond donors (Lipinski definition) is 1. The van der Waals surface area contributed by atoms with Crippen LogP contribution in [0.1, 0.15) is 53.6 Å². The van der Waals surface area contributed by atoms with Gasteiger partial charge in [0.15, 0.2) is 4.34 Å². The first-order chi connectivity index (χ1) is 18.7. The van der Waals surface area contributed by atoms with E-state index in [-0.39, 0.29) is 0 Å². The summed E-state index contributed by atoms with van der Waals surface area (Å²) >= 11 is 9.73. The van der Waals surface area contributed by atoms with Gasteiger partial charge < -0.3 is 10.1 Å². The second-order valence-electron chi connectivity index (χ2n) is 10.2. The molecule has 3 nitrogen and oxygen atoms in total. The first-order valence-corrected chi connectivity index (χ1v) is 15.6. The maximum Gasteiger partial charge on any atom is 0.151 e. The highest BCUT2D eigenvalue weighted by Crippen LogP contribution is 2.47. The van der Waals surface area contributed by atoms with Crippen molar-refractivity contribution in [1.29, 1.82) is 0 Å². The predicted molar refractivity (Wildman–Crippen MR) is 161 cm³/mol. The average molecular weight is 557 g/mol. The van der Waals surface area contributed by atoms with E-state index in [1.807, 2.05) is 23.9 Å². The molecule has 1 N–H and O–H groups in total. The fourth-order valence-corrected chi connectivity index (χ4v) is 8.20. The molecule has 7 rings (SSSR count). The summed E-state index contributed by atoms with van der Waals surface area (Å²) in [6, 6.07) is 26.9. The van der Waals surface area contributed by atoms with Crippen LogP contribution < -0.4 is 10.1 Å². The summed E-state index contributed by atoms with van der Waals surface area (Å²) in [7, 11) is 0. The Balaban J connectivity index is 1.04. The van der Waals surface area contributed by atoms with Crippen molar-refractivity contribution >= 4 is 55.7 Å². The molecule has 2 atom stereocenters. The number of aryl methyl sites for hydroxylation is 1. The topological polar surface area (TPSA) is 34.1 Å². The third kappa shape index (κ3) is 4.82. The van der Waals surface area contributed by atoms with Gasteiger partial charge in [-0.2, -0.15) is 0 Å². The molecule has 192 valence electrons. The maximum absolute atomic E-state index is 6.53. The van der Waals surface area contributed by atoms with Gasteiger partial charge in [-0.3, -0.25) is 0 Å². The Morgan fingerprint density at radius 1 is 0.921 bits per heavy atom. The zero-order valence-corrected chi connectivity index (χ0v) is 23.5. The van der Waals surface area contributed by atoms with E-state index in [0.29, 0.717) is 18.7 Å². The molecule has 1 fully saturated rings. The molecule has 0 radical (unpaired) electrons. The third-order valence-corrected chi connectivity index (χ3v) is 10.3. The molecule has 1 aromatic heterocycles. The quantitative estimate of drug-likeness (QED) is 0.145. The van der Waals surface area contributed by atoms with Gasteiger partial charge in [0.2, 0.25) is 0 Å². The van der Waals surface area contributed by atoms with Crippen molar-refractivity contribution in [1.82, 2.24) is 10.3 Å². The molecule has 0 spiro atoms. The molecule has 2 bridgehead atoms. The molecule has 2 aliphatic heterocycles. The van der Waals surface area contributed by atoms with Crippen LogP contribution in [0.5, 0.6) is 5.75 Å². The zero-order chi connectivity index (χ0) is 25.5. The van der Waals surface area contributed by atoms with Crippen LogP contribution in [0.25, 0.3) is 21.0 Å². The van der Waals surface area contributed by atoms with Crippen LogP contribution >= 0.6 is 34.7 Å². The van der Waals surface area contributed by atoms with Crippen molar-refractivity contribution in [2.75, 3.05) is 12.4 Å². The lowest BCUT2D eigenvalue weighted by atomic mass is 9.89. The summed E-state index contributed by atoms with van der Waals surface area (Å²) in [5.74, 6) is 2.10. The number of aromatic nitrogens is 1. The van der Waals surface area contributed by atoms with Gasteiger partial charge in [0.05, 0.1) is 16.8 Å². The van der Waals surface area contributed by atoms with Gasteiger partial charge in [-0.25, -0.2) is 4.98 Å². The molecule has 6 heteroatoms. The van der Waals surface area contributed by atoms with Gasteiger partial charge in [-0.15, -0.1) is 11.3 Å². The second-order valence-corrected chi connectivity index (χ2v) is 13.0. The molecular formula is C32H29ClN2OS2. The van der Waals surface area contributed by atoms with Gasteiger partial charge in [0.25, 0.3) is 0 Å². The van der Waals surface area contributed by atoms with E-state index in [0.717, 1.165) is 45.6 Å². The molecule has 38 heavy (non-hydrogen) atoms. The van der Waals surface area contributed by atoms with Crippen molar-refractivity contribution in [3.05, 3.63) is 100 Å². The Labute approximate surface area is 236 Å². The first-order valence-electron chi connectivity index (χ1n) is 13.4. The molecule has 0 amide bonds. The number of ether oxygens (including phenoxy) is 1. The van der Waals surface area contributed by atoms with Crippen molar-refractivity contribution in [3.63, 3.8) is 0 Å². The van der Waals surface area contributed by atoms with Crippen LogP contribution in [0.15, 0.2) is 77.1 Å². The summed E-state index contributed by atoms with van der Waals surface area (Å²) < 4.78 is 8.84. The monoisotopic (exact) mass is 556 g/mol. The number of hydrogen-bond acceptors (Lipinski definition) is 5. The Kier molecular flexibility index (Phi) is 6.78. The van der Waals surface area contributed by atoms with Gasteiger partial charge in [-0.05, 0) is 83.0 Å². The van der Waals surface area contributed by atoms with E-state index in [1.54, 1.807) is 11.3 Å². The highest BCUT2D eigenvalue weighted by atomic mass is 35.5. The third-order valence-electron chi connectivity index (χ3n) is 7.82. The molecule has 2 aliphatic rings. The molecule has 3 heterocycles. The van der Waals surface area contributed by atoms with E-state index >= 15 is 0 Å². The van der Waals surface area contributed by atoms with Crippen molar-refractivity contribution in [2.45, 2.75) is 48.5 Å². The van der Waals surface area contributed by atoms with Gasteiger partial charge in [0, 0.05) is 29.3 Å². The highest BCUT2D eigenvalue weighted by Gasteiger charge is 2.37. The Morgan fingerprint density at radius 3 is 2.68 bits per heavy atom. The van der Waals surface area contributed by atoms with E-state index in [1.165, 1.54) is 50.6 Å². The van der Waals surface area contributed by atoms with Crippen LogP contribution in [-0.4, -0.2) is 17.3 Å². The van der Waals surface area contributed by atoms with Crippen molar-refractivity contribution in [3.8, 4) is 5.75 Å². The maximum atomic E-state index is 6.53. The number of fused-ring (bicyclic) bond motifs is 7. The summed E-state index contributed by atoms with van der Waals surface area (Å²) in [5, 5.41) is 7.14. The van der Waals surface area contributed by atoms with E-state index < -0.39 is 0 Å². The highest BCUT2D eigenvalue weighted by molar-refractivity contribution is 8.01. The van der Waals surface area contributed by atoms with E-state index in [4.69, 9.17) is 21.3 Å². The fourth-order valence-electron chi connectivity index (χ4n) is 5.97. The Hall–Kier alpha value is -2.57. The van der Waals surface area contributed by atoms with Crippen LogP contribution in [0.3, 0.4) is 0 Å². The van der Waals surface area contributed by atoms with Crippen LogP contribution in [-0.2, 0) is 12.8 Å². The standard InChI is InChI=1S/C32H29ClN2OS2/c33-23-10-13-31-29(18-23)35-32(38-31)37-16-4-8-22-17-25-26(28-12-11-27(25)34-28)19-30(22)36-15-14-21-7-3-6-20-5-1-2-9-24(20)21/h1-3,5-7,9-10,13,17-19,27-28,34H,4,8,11-12,14-16H2/t27-,28+/m0/s1. The lowest BCUT2D eigenvalue weighted by Gasteiger charge is -2.19. The summed E-state index contributed by atoms with van der Waals surface area (Å²) in [4.78, 5) is 4.76. The number of rotatable bonds is 9. The van der Waals surface area contributed by atoms with Gasteiger partial charge in [-0.1, -0.05) is 71.9 Å². The van der Waals surface area contributed by atoms with E-state index in [9.17, 15) is 0 Å². The number of thioether (sulfide) groups is 1. The van der Waals surface area contributed by atoms with E-state index in [2.05, 4.69) is 66.0 Å². The first kappa shape index (κ1) is 24.5. The molecular weight excluding hydrogens is 528 g/mol. The fraction of sp³-hybridized carbons (Fsp3) is 0.281. The molecule has 0 saturated carbocycles. The van der Waals surface area contributed by atoms with Crippen LogP contribution in [0.2, 0.25) is 5.02 Å². The number of thiazole rings is 1. The Morgan fingerprint density at radius 2 is 1.76 bits per heavy atom. The summed E-state index contributed by atoms with van der Waals surface area (Å²) in [6.07, 6.45) is 5.48. The predicted octanol–water partition coefficient (Wildman–Crippen LogP) is 8.93. The lowest BCUT2D eigenvalue weighted by Crippen LogP contribution is -2.07. The molecule has 0 aliphatic carbocycles. The number of benzene rings is 4. The van der Waals surface area contributed by atoms with Crippen molar-refractivity contribution < 1.29 is 4.74 Å². The van der Waals surface area contributed by atoms with Crippen molar-refractivity contribution in [2.24, 2.45) is 0 Å².